The summed E-state index contributed by atoms with van der Waals surface area (Å²) in [6.45, 7) is 2.19. The number of aryl methyl sites for hydroxylation is 1. The van der Waals surface area contributed by atoms with Crippen LogP contribution in [0.15, 0.2) is 72.8 Å². The minimum absolute atomic E-state index is 0.289. The van der Waals surface area contributed by atoms with Gasteiger partial charge in [0.1, 0.15) is 12.0 Å². The number of benzene rings is 3. The SMILES string of the molecule is CN(C1CCC(C=O)CC1)C1CCN(c2ccc([C@@H]3c4ccc(O)cc4CC[C@@H]3c3ccccc3)cc2)CC1. The Balaban J connectivity index is 1.15. The summed E-state index contributed by atoms with van der Waals surface area (Å²) < 4.78 is 0. The lowest BCUT2D eigenvalue weighted by molar-refractivity contribution is -0.112. The van der Waals surface area contributed by atoms with E-state index in [1.807, 2.05) is 12.1 Å². The van der Waals surface area contributed by atoms with Gasteiger partial charge < -0.3 is 19.7 Å². The second-order valence-electron chi connectivity index (χ2n) is 12.1. The molecule has 0 unspecified atom stereocenters. The number of hydrogen-bond donors (Lipinski definition) is 1. The van der Waals surface area contributed by atoms with Crippen molar-refractivity contribution in [1.29, 1.82) is 0 Å². The Morgan fingerprint density at radius 3 is 2.18 bits per heavy atom. The molecule has 3 aromatic rings. The largest absolute Gasteiger partial charge is 0.508 e. The summed E-state index contributed by atoms with van der Waals surface area (Å²) in [4.78, 5) is 16.3. The van der Waals surface area contributed by atoms with Crippen molar-refractivity contribution in [3.63, 3.8) is 0 Å². The summed E-state index contributed by atoms with van der Waals surface area (Å²) >= 11 is 0. The van der Waals surface area contributed by atoms with Gasteiger partial charge in [0.25, 0.3) is 0 Å². The lowest BCUT2D eigenvalue weighted by atomic mass is 9.69. The molecule has 0 amide bonds. The van der Waals surface area contributed by atoms with Gasteiger partial charge in [0.15, 0.2) is 0 Å². The van der Waals surface area contributed by atoms with Gasteiger partial charge in [0.2, 0.25) is 0 Å². The lowest BCUT2D eigenvalue weighted by Gasteiger charge is -2.43. The van der Waals surface area contributed by atoms with Gasteiger partial charge in [0, 0.05) is 42.7 Å². The summed E-state index contributed by atoms with van der Waals surface area (Å²) in [6.07, 6.45) is 10.1. The highest BCUT2D eigenvalue weighted by molar-refractivity contribution is 5.54. The fourth-order valence-electron chi connectivity index (χ4n) is 7.64. The molecule has 0 radical (unpaired) electrons. The van der Waals surface area contributed by atoms with Gasteiger partial charge in [-0.2, -0.15) is 0 Å². The number of carbonyl (C=O) groups excluding carboxylic acids is 1. The average molecular weight is 523 g/mol. The van der Waals surface area contributed by atoms with Crippen molar-refractivity contribution in [2.45, 2.75) is 75.3 Å². The molecule has 6 rings (SSSR count). The number of piperidine rings is 1. The number of fused-ring (bicyclic) bond motifs is 1. The van der Waals surface area contributed by atoms with Crippen molar-refractivity contribution in [3.8, 4) is 5.75 Å². The van der Waals surface area contributed by atoms with Crippen LogP contribution < -0.4 is 4.90 Å². The van der Waals surface area contributed by atoms with Crippen LogP contribution >= 0.6 is 0 Å². The monoisotopic (exact) mass is 522 g/mol. The van der Waals surface area contributed by atoms with E-state index < -0.39 is 0 Å². The van der Waals surface area contributed by atoms with Crippen LogP contribution in [-0.2, 0) is 11.2 Å². The molecule has 3 aliphatic rings. The topological polar surface area (TPSA) is 43.8 Å². The molecule has 0 spiro atoms. The van der Waals surface area contributed by atoms with Crippen LogP contribution in [0.2, 0.25) is 0 Å². The Hall–Kier alpha value is -3.11. The molecule has 1 saturated heterocycles. The molecule has 1 heterocycles. The highest BCUT2D eigenvalue weighted by Crippen LogP contribution is 2.47. The smallest absolute Gasteiger partial charge is 0.123 e. The standard InChI is InChI=1S/C35H42N2O2/c1-36(29-12-7-25(24-38)8-13-29)30-19-21-37(22-20-30)31-14-9-27(10-15-31)35-33(26-5-3-2-4-6-26)17-11-28-23-32(39)16-18-34(28)35/h2-6,9-10,14-16,18,23-25,29-30,33,35,39H,7-8,11-13,17,19-22H2,1H3/t25?,29?,33-,35+/m1/s1. The molecule has 0 aromatic heterocycles. The zero-order valence-corrected chi connectivity index (χ0v) is 23.2. The second-order valence-corrected chi connectivity index (χ2v) is 12.1. The third-order valence-electron chi connectivity index (χ3n) is 9.98. The quantitative estimate of drug-likeness (QED) is 0.357. The van der Waals surface area contributed by atoms with Gasteiger partial charge >= 0.3 is 0 Å². The predicted molar refractivity (Wildman–Crippen MR) is 159 cm³/mol. The van der Waals surface area contributed by atoms with Crippen LogP contribution in [0.4, 0.5) is 5.69 Å². The van der Waals surface area contributed by atoms with Gasteiger partial charge in [-0.25, -0.2) is 0 Å². The highest BCUT2D eigenvalue weighted by Gasteiger charge is 2.33. The number of hydrogen-bond acceptors (Lipinski definition) is 4. The summed E-state index contributed by atoms with van der Waals surface area (Å²) in [7, 11) is 2.31. The van der Waals surface area contributed by atoms with E-state index in [-0.39, 0.29) is 5.92 Å². The minimum atomic E-state index is 0.289. The van der Waals surface area contributed by atoms with E-state index in [2.05, 4.69) is 77.5 Å². The molecule has 4 nitrogen and oxygen atoms in total. The van der Waals surface area contributed by atoms with Crippen molar-refractivity contribution in [2.24, 2.45) is 5.92 Å². The van der Waals surface area contributed by atoms with Crippen LogP contribution in [0.25, 0.3) is 0 Å². The van der Waals surface area contributed by atoms with Gasteiger partial charge in [0.05, 0.1) is 0 Å². The van der Waals surface area contributed by atoms with E-state index in [9.17, 15) is 9.90 Å². The second kappa shape index (κ2) is 11.6. The fraction of sp³-hybridized carbons (Fsp3) is 0.457. The number of phenolic OH excluding ortho intramolecular Hbond substituents is 1. The van der Waals surface area contributed by atoms with E-state index in [0.29, 0.717) is 29.7 Å². The molecule has 4 heteroatoms. The van der Waals surface area contributed by atoms with Crippen LogP contribution in [0.1, 0.15) is 79.0 Å². The highest BCUT2D eigenvalue weighted by atomic mass is 16.3. The molecule has 2 aliphatic carbocycles. The number of aromatic hydroxyl groups is 1. The maximum atomic E-state index is 11.1. The minimum Gasteiger partial charge on any atom is -0.508 e. The first-order valence-corrected chi connectivity index (χ1v) is 15.0. The first-order valence-electron chi connectivity index (χ1n) is 15.0. The van der Waals surface area contributed by atoms with Gasteiger partial charge in [-0.05, 0) is 111 Å². The Bertz CT molecular complexity index is 1240. The number of carbonyl (C=O) groups is 1. The summed E-state index contributed by atoms with van der Waals surface area (Å²) in [5, 5.41) is 10.1. The average Bonchev–Trinajstić information content (AvgIpc) is 3.01. The summed E-state index contributed by atoms with van der Waals surface area (Å²) in [6, 6.07) is 27.5. The molecule has 3 aromatic carbocycles. The van der Waals surface area contributed by atoms with Crippen molar-refractivity contribution in [2.75, 3.05) is 25.0 Å². The van der Waals surface area contributed by atoms with Crippen molar-refractivity contribution >= 4 is 12.0 Å². The molecule has 1 saturated carbocycles. The van der Waals surface area contributed by atoms with Crippen molar-refractivity contribution < 1.29 is 9.90 Å². The Kier molecular flexibility index (Phi) is 7.74. The predicted octanol–water partition coefficient (Wildman–Crippen LogP) is 6.91. The van der Waals surface area contributed by atoms with Crippen LogP contribution in [0.5, 0.6) is 5.75 Å². The molecule has 39 heavy (non-hydrogen) atoms. The molecule has 2 fully saturated rings. The lowest BCUT2D eigenvalue weighted by Crippen LogP contribution is -2.48. The molecule has 2 atom stereocenters. The Labute approximate surface area is 233 Å². The summed E-state index contributed by atoms with van der Waals surface area (Å²) in [5.41, 5.74) is 6.72. The molecule has 1 aliphatic heterocycles. The number of anilines is 1. The molecule has 0 bridgehead atoms. The van der Waals surface area contributed by atoms with Crippen LogP contribution in [-0.4, -0.2) is 48.5 Å². The maximum Gasteiger partial charge on any atom is 0.123 e. The Morgan fingerprint density at radius 1 is 0.795 bits per heavy atom. The van der Waals surface area contributed by atoms with E-state index in [1.165, 1.54) is 47.1 Å². The van der Waals surface area contributed by atoms with E-state index in [4.69, 9.17) is 0 Å². The molecular weight excluding hydrogens is 480 g/mol. The molecular formula is C35H42N2O2. The molecule has 1 N–H and O–H groups in total. The van der Waals surface area contributed by atoms with E-state index in [0.717, 1.165) is 51.6 Å². The van der Waals surface area contributed by atoms with Crippen molar-refractivity contribution in [1.82, 2.24) is 4.90 Å². The number of phenols is 1. The zero-order valence-electron chi connectivity index (χ0n) is 23.2. The summed E-state index contributed by atoms with van der Waals surface area (Å²) in [5.74, 6) is 1.38. The number of nitrogens with zero attached hydrogens (tertiary/aromatic N) is 2. The first-order chi connectivity index (χ1) is 19.1. The van der Waals surface area contributed by atoms with Crippen molar-refractivity contribution in [3.05, 3.63) is 95.1 Å². The Morgan fingerprint density at radius 2 is 1.49 bits per heavy atom. The maximum absolute atomic E-state index is 11.1. The van der Waals surface area contributed by atoms with Crippen LogP contribution in [0.3, 0.4) is 0 Å². The number of rotatable bonds is 6. The molecule has 204 valence electrons. The third kappa shape index (κ3) is 5.49. The normalized spacial score (nSPS) is 25.8. The van der Waals surface area contributed by atoms with Gasteiger partial charge in [-0.15, -0.1) is 0 Å². The van der Waals surface area contributed by atoms with E-state index in [1.54, 1.807) is 0 Å². The fourth-order valence-corrected chi connectivity index (χ4v) is 7.64. The third-order valence-corrected chi connectivity index (χ3v) is 9.98. The zero-order chi connectivity index (χ0) is 26.8. The van der Waals surface area contributed by atoms with Gasteiger partial charge in [-0.1, -0.05) is 48.5 Å². The first kappa shape index (κ1) is 26.1. The number of aldehydes is 1. The van der Waals surface area contributed by atoms with Gasteiger partial charge in [-0.3, -0.25) is 0 Å². The van der Waals surface area contributed by atoms with E-state index >= 15 is 0 Å². The van der Waals surface area contributed by atoms with Crippen LogP contribution in [0, 0.1) is 5.92 Å².